The first kappa shape index (κ1) is 16.1. The van der Waals surface area contributed by atoms with Gasteiger partial charge >= 0.3 is 0 Å². The topological polar surface area (TPSA) is 68.8 Å². The number of rotatable bonds is 3. The molecule has 4 rings (SSSR count). The molecule has 0 unspecified atom stereocenters. The van der Waals surface area contributed by atoms with Crippen molar-refractivity contribution in [3.63, 3.8) is 0 Å². The second kappa shape index (κ2) is 6.48. The summed E-state index contributed by atoms with van der Waals surface area (Å²) in [6, 6.07) is 15.7. The van der Waals surface area contributed by atoms with Crippen molar-refractivity contribution in [2.45, 2.75) is 0 Å². The molecule has 2 aromatic carbocycles. The summed E-state index contributed by atoms with van der Waals surface area (Å²) in [6.07, 6.45) is 3.53. The fraction of sp³-hybridized carbons (Fsp3) is 0. The third-order valence-corrected chi connectivity index (χ3v) is 4.76. The van der Waals surface area contributed by atoms with Gasteiger partial charge in [-0.05, 0) is 42.0 Å². The number of anilines is 1. The Balaban J connectivity index is 2.02. The zero-order valence-electron chi connectivity index (χ0n) is 12.9. The second-order valence-electron chi connectivity index (χ2n) is 5.46. The van der Waals surface area contributed by atoms with Crippen molar-refractivity contribution in [2.75, 3.05) is 5.43 Å². The van der Waals surface area contributed by atoms with Crippen molar-refractivity contribution in [1.82, 2.24) is 14.5 Å². The lowest BCUT2D eigenvalue weighted by Gasteiger charge is -2.05. The maximum Gasteiger partial charge on any atom is 0.153 e. The summed E-state index contributed by atoms with van der Waals surface area (Å²) in [5, 5.41) is 1.55. The van der Waals surface area contributed by atoms with Crippen LogP contribution in [0.25, 0.3) is 27.8 Å². The summed E-state index contributed by atoms with van der Waals surface area (Å²) < 4.78 is 3.04. The summed E-state index contributed by atoms with van der Waals surface area (Å²) >= 11 is 9.49. The molecule has 4 aromatic rings. The van der Waals surface area contributed by atoms with Gasteiger partial charge in [0.15, 0.2) is 11.5 Å². The summed E-state index contributed by atoms with van der Waals surface area (Å²) in [7, 11) is 0. The molecule has 0 fully saturated rings. The number of nitrogen functional groups attached to an aromatic ring is 1. The van der Waals surface area contributed by atoms with Crippen LogP contribution in [0.4, 0.5) is 5.82 Å². The Morgan fingerprint density at radius 2 is 1.72 bits per heavy atom. The number of hydrazine groups is 1. The van der Waals surface area contributed by atoms with E-state index in [-0.39, 0.29) is 0 Å². The van der Waals surface area contributed by atoms with E-state index in [4.69, 9.17) is 17.4 Å². The highest BCUT2D eigenvalue weighted by Gasteiger charge is 2.16. The van der Waals surface area contributed by atoms with Crippen LogP contribution in [-0.2, 0) is 0 Å². The molecule has 0 aliphatic rings. The lowest BCUT2D eigenvalue weighted by atomic mass is 10.1. The number of nitrogens with zero attached hydrogens (tertiary/aromatic N) is 3. The maximum atomic E-state index is 6.03. The van der Waals surface area contributed by atoms with Crippen LogP contribution >= 0.6 is 27.5 Å². The lowest BCUT2D eigenvalue weighted by molar-refractivity contribution is 1.07. The minimum Gasteiger partial charge on any atom is -0.308 e. The van der Waals surface area contributed by atoms with Crippen LogP contribution in [0, 0.1) is 0 Å². The average Bonchev–Trinajstić information content (AvgIpc) is 3.03. The fourth-order valence-electron chi connectivity index (χ4n) is 2.82. The molecule has 0 aliphatic heterocycles. The third kappa shape index (κ3) is 2.89. The molecule has 2 heterocycles. The number of halogens is 2. The molecule has 0 radical (unpaired) electrons. The molecule has 0 spiro atoms. The quantitative estimate of drug-likeness (QED) is 0.373. The van der Waals surface area contributed by atoms with Gasteiger partial charge in [0, 0.05) is 26.9 Å². The van der Waals surface area contributed by atoms with E-state index in [0.717, 1.165) is 32.3 Å². The molecule has 25 heavy (non-hydrogen) atoms. The number of nitrogens with two attached hydrogens (primary N) is 1. The van der Waals surface area contributed by atoms with E-state index in [9.17, 15) is 0 Å². The van der Waals surface area contributed by atoms with Crippen molar-refractivity contribution in [3.8, 4) is 16.8 Å². The minimum absolute atomic E-state index is 0.575. The smallest absolute Gasteiger partial charge is 0.153 e. The Morgan fingerprint density at radius 1 is 1.00 bits per heavy atom. The van der Waals surface area contributed by atoms with Gasteiger partial charge in [0.05, 0.1) is 5.39 Å². The number of nitrogens with one attached hydrogen (secondary N) is 1. The molecule has 0 aliphatic carbocycles. The first-order chi connectivity index (χ1) is 12.2. The average molecular weight is 415 g/mol. The summed E-state index contributed by atoms with van der Waals surface area (Å²) in [6.45, 7) is 0. The summed E-state index contributed by atoms with van der Waals surface area (Å²) in [5.41, 5.74) is 6.42. The largest absolute Gasteiger partial charge is 0.308 e. The second-order valence-corrected chi connectivity index (χ2v) is 6.81. The lowest BCUT2D eigenvalue weighted by Crippen LogP contribution is -2.09. The number of benzene rings is 2. The Bertz CT molecular complexity index is 1040. The summed E-state index contributed by atoms with van der Waals surface area (Å²) in [5.74, 6) is 6.25. The Hall–Kier alpha value is -2.41. The molecule has 5 nitrogen and oxygen atoms in total. The van der Waals surface area contributed by atoms with Gasteiger partial charge in [0.2, 0.25) is 0 Å². The van der Waals surface area contributed by atoms with Gasteiger partial charge in [0.25, 0.3) is 0 Å². The molecule has 0 saturated carbocycles. The number of fused-ring (bicyclic) bond motifs is 1. The number of hydrogen-bond acceptors (Lipinski definition) is 4. The first-order valence-corrected chi connectivity index (χ1v) is 8.69. The van der Waals surface area contributed by atoms with Crippen LogP contribution in [0.5, 0.6) is 0 Å². The van der Waals surface area contributed by atoms with Gasteiger partial charge in [-0.1, -0.05) is 39.7 Å². The molecule has 3 N–H and O–H groups in total. The Kier molecular flexibility index (Phi) is 4.17. The molecule has 7 heteroatoms. The Labute approximate surface area is 157 Å². The van der Waals surface area contributed by atoms with Crippen LogP contribution in [0.1, 0.15) is 0 Å². The Morgan fingerprint density at radius 3 is 2.40 bits per heavy atom. The van der Waals surface area contributed by atoms with Crippen molar-refractivity contribution in [1.29, 1.82) is 0 Å². The van der Waals surface area contributed by atoms with Crippen LogP contribution in [0.2, 0.25) is 5.02 Å². The maximum absolute atomic E-state index is 6.03. The molecule has 0 bridgehead atoms. The van der Waals surface area contributed by atoms with E-state index in [2.05, 4.69) is 31.3 Å². The van der Waals surface area contributed by atoms with Crippen LogP contribution in [0.3, 0.4) is 0 Å². The molecular formula is C18H13BrClN5. The molecule has 2 aromatic heterocycles. The predicted molar refractivity (Wildman–Crippen MR) is 105 cm³/mol. The zero-order valence-corrected chi connectivity index (χ0v) is 15.3. The molecule has 0 atom stereocenters. The van der Waals surface area contributed by atoms with Gasteiger partial charge in [-0.25, -0.2) is 15.8 Å². The molecule has 0 saturated heterocycles. The van der Waals surface area contributed by atoms with Gasteiger partial charge in [-0.2, -0.15) is 0 Å². The van der Waals surface area contributed by atoms with E-state index >= 15 is 0 Å². The van der Waals surface area contributed by atoms with E-state index in [0.29, 0.717) is 10.8 Å². The molecule has 124 valence electrons. The number of aromatic nitrogens is 3. The summed E-state index contributed by atoms with van der Waals surface area (Å²) in [4.78, 5) is 8.73. The van der Waals surface area contributed by atoms with Gasteiger partial charge in [-0.3, -0.25) is 0 Å². The fourth-order valence-corrected chi connectivity index (χ4v) is 3.21. The zero-order chi connectivity index (χ0) is 17.4. The predicted octanol–water partition coefficient (Wildman–Crippen LogP) is 4.79. The SMILES string of the molecule is NNc1ncnc2c1c(-c1ccc(Cl)cc1)cn2-c1ccc(Br)cc1. The van der Waals surface area contributed by atoms with Crippen LogP contribution < -0.4 is 11.3 Å². The third-order valence-electron chi connectivity index (χ3n) is 3.98. The van der Waals surface area contributed by atoms with Crippen LogP contribution in [-0.4, -0.2) is 14.5 Å². The van der Waals surface area contributed by atoms with E-state index < -0.39 is 0 Å². The van der Waals surface area contributed by atoms with E-state index in [1.165, 1.54) is 6.33 Å². The normalized spacial score (nSPS) is 11.0. The highest BCUT2D eigenvalue weighted by Crippen LogP contribution is 2.35. The van der Waals surface area contributed by atoms with E-state index in [1.807, 2.05) is 59.3 Å². The standard InChI is InChI=1S/C18H13BrClN5/c19-12-3-7-14(8-4-12)25-9-15(11-1-5-13(20)6-2-11)16-17(24-21)22-10-23-18(16)25/h1-10H,21H2,(H,22,23,24). The van der Waals surface area contributed by atoms with Gasteiger partial charge < -0.3 is 9.99 Å². The van der Waals surface area contributed by atoms with Gasteiger partial charge in [-0.15, -0.1) is 0 Å². The monoisotopic (exact) mass is 413 g/mol. The van der Waals surface area contributed by atoms with E-state index in [1.54, 1.807) is 0 Å². The van der Waals surface area contributed by atoms with Crippen LogP contribution in [0.15, 0.2) is 65.5 Å². The van der Waals surface area contributed by atoms with Crippen molar-refractivity contribution >= 4 is 44.4 Å². The van der Waals surface area contributed by atoms with Gasteiger partial charge in [0.1, 0.15) is 6.33 Å². The first-order valence-electron chi connectivity index (χ1n) is 7.52. The molecule has 0 amide bonds. The van der Waals surface area contributed by atoms with Crippen molar-refractivity contribution < 1.29 is 0 Å². The van der Waals surface area contributed by atoms with Crippen molar-refractivity contribution in [3.05, 3.63) is 70.6 Å². The minimum atomic E-state index is 0.575. The number of hydrogen-bond donors (Lipinski definition) is 2. The highest BCUT2D eigenvalue weighted by molar-refractivity contribution is 9.10. The van der Waals surface area contributed by atoms with Crippen molar-refractivity contribution in [2.24, 2.45) is 5.84 Å². The highest BCUT2D eigenvalue weighted by atomic mass is 79.9. The molecular weight excluding hydrogens is 402 g/mol.